The SMILES string of the molecule is CN1CCN(c2ccc3c(c2)[nH]c2c(C(N)=O)cc(-c4ccc(OCCN5CCOCC5)c(Cl)c4)cc23)CC1. The Morgan fingerprint density at radius 3 is 2.51 bits per heavy atom. The molecule has 0 bridgehead atoms. The van der Waals surface area contributed by atoms with Gasteiger partial charge in [-0.25, -0.2) is 0 Å². The Balaban J connectivity index is 1.28. The van der Waals surface area contributed by atoms with Crippen LogP contribution < -0.4 is 15.4 Å². The second kappa shape index (κ2) is 11.1. The third kappa shape index (κ3) is 5.43. The number of amides is 1. The molecule has 3 aromatic carbocycles. The summed E-state index contributed by atoms with van der Waals surface area (Å²) in [5, 5.41) is 2.55. The van der Waals surface area contributed by atoms with Crippen molar-refractivity contribution >= 4 is 45.0 Å². The number of aromatic nitrogens is 1. The Hall–Kier alpha value is -3.30. The van der Waals surface area contributed by atoms with E-state index in [1.165, 1.54) is 5.69 Å². The molecule has 0 aliphatic carbocycles. The number of morpholine rings is 1. The van der Waals surface area contributed by atoms with Crippen LogP contribution in [0.15, 0.2) is 48.5 Å². The maximum absolute atomic E-state index is 12.5. The van der Waals surface area contributed by atoms with Crippen LogP contribution in [0.4, 0.5) is 5.69 Å². The van der Waals surface area contributed by atoms with Crippen LogP contribution in [0.3, 0.4) is 0 Å². The molecule has 0 saturated carbocycles. The van der Waals surface area contributed by atoms with E-state index in [4.69, 9.17) is 26.8 Å². The van der Waals surface area contributed by atoms with Gasteiger partial charge in [0.25, 0.3) is 5.91 Å². The number of hydrogen-bond donors (Lipinski definition) is 2. The first-order chi connectivity index (χ1) is 19.0. The molecule has 204 valence electrons. The molecule has 3 N–H and O–H groups in total. The summed E-state index contributed by atoms with van der Waals surface area (Å²) in [5.74, 6) is 0.176. The number of likely N-dealkylation sites (N-methyl/N-ethyl adjacent to an activating group) is 1. The number of ether oxygens (including phenoxy) is 2. The Labute approximate surface area is 233 Å². The van der Waals surface area contributed by atoms with Gasteiger partial charge >= 0.3 is 0 Å². The van der Waals surface area contributed by atoms with Crippen molar-refractivity contribution in [3.63, 3.8) is 0 Å². The van der Waals surface area contributed by atoms with Gasteiger partial charge in [0.2, 0.25) is 0 Å². The largest absolute Gasteiger partial charge is 0.491 e. The molecular weight excluding hydrogens is 514 g/mol. The number of halogens is 1. The third-order valence-corrected chi connectivity index (χ3v) is 8.15. The zero-order chi connectivity index (χ0) is 26.9. The fourth-order valence-corrected chi connectivity index (χ4v) is 5.76. The summed E-state index contributed by atoms with van der Waals surface area (Å²) in [6.07, 6.45) is 0. The van der Waals surface area contributed by atoms with Crippen molar-refractivity contribution in [2.45, 2.75) is 0 Å². The van der Waals surface area contributed by atoms with Crippen LogP contribution >= 0.6 is 11.6 Å². The first kappa shape index (κ1) is 26.0. The molecule has 0 spiro atoms. The molecule has 2 aliphatic heterocycles. The van der Waals surface area contributed by atoms with Crippen molar-refractivity contribution in [3.8, 4) is 16.9 Å². The average Bonchev–Trinajstić information content (AvgIpc) is 3.32. The van der Waals surface area contributed by atoms with E-state index in [0.29, 0.717) is 22.9 Å². The molecule has 9 heteroatoms. The Bertz CT molecular complexity index is 1510. The molecule has 2 saturated heterocycles. The van der Waals surface area contributed by atoms with Gasteiger partial charge in [0, 0.05) is 67.8 Å². The summed E-state index contributed by atoms with van der Waals surface area (Å²) in [6, 6.07) is 16.2. The van der Waals surface area contributed by atoms with E-state index in [2.05, 4.69) is 51.0 Å². The van der Waals surface area contributed by atoms with Gasteiger partial charge < -0.3 is 30.0 Å². The van der Waals surface area contributed by atoms with Crippen molar-refractivity contribution in [2.75, 3.05) is 77.6 Å². The average molecular weight is 548 g/mol. The maximum Gasteiger partial charge on any atom is 0.250 e. The van der Waals surface area contributed by atoms with Gasteiger partial charge in [-0.1, -0.05) is 23.7 Å². The number of H-pyrrole nitrogens is 1. The monoisotopic (exact) mass is 547 g/mol. The lowest BCUT2D eigenvalue weighted by Crippen LogP contribution is -2.44. The molecule has 1 amide bonds. The molecule has 0 radical (unpaired) electrons. The fraction of sp³-hybridized carbons (Fsp3) is 0.367. The van der Waals surface area contributed by atoms with Crippen molar-refractivity contribution in [1.82, 2.24) is 14.8 Å². The Morgan fingerprint density at radius 2 is 1.77 bits per heavy atom. The lowest BCUT2D eigenvalue weighted by atomic mass is 9.98. The van der Waals surface area contributed by atoms with Crippen molar-refractivity contribution in [2.24, 2.45) is 5.73 Å². The molecule has 4 aromatic rings. The number of piperazine rings is 1. The highest BCUT2D eigenvalue weighted by molar-refractivity contribution is 6.32. The molecule has 3 heterocycles. The van der Waals surface area contributed by atoms with E-state index < -0.39 is 5.91 Å². The molecule has 2 aliphatic rings. The normalized spacial score (nSPS) is 17.2. The summed E-state index contributed by atoms with van der Waals surface area (Å²) < 4.78 is 11.4. The minimum absolute atomic E-state index is 0.460. The summed E-state index contributed by atoms with van der Waals surface area (Å²) in [5.41, 5.74) is 11.0. The van der Waals surface area contributed by atoms with Crippen molar-refractivity contribution < 1.29 is 14.3 Å². The van der Waals surface area contributed by atoms with Crippen molar-refractivity contribution in [1.29, 1.82) is 0 Å². The third-order valence-electron chi connectivity index (χ3n) is 7.86. The van der Waals surface area contributed by atoms with Crippen LogP contribution in [0.2, 0.25) is 5.02 Å². The van der Waals surface area contributed by atoms with Crippen LogP contribution in [0.25, 0.3) is 32.9 Å². The van der Waals surface area contributed by atoms with Gasteiger partial charge in [-0.05, 0) is 54.6 Å². The smallest absolute Gasteiger partial charge is 0.250 e. The quantitative estimate of drug-likeness (QED) is 0.360. The molecule has 2 fully saturated rings. The zero-order valence-electron chi connectivity index (χ0n) is 22.2. The topological polar surface area (TPSA) is 87.1 Å². The summed E-state index contributed by atoms with van der Waals surface area (Å²) in [7, 11) is 2.15. The van der Waals surface area contributed by atoms with Crippen LogP contribution in [-0.2, 0) is 4.74 Å². The van der Waals surface area contributed by atoms with Gasteiger partial charge in [0.1, 0.15) is 12.4 Å². The van der Waals surface area contributed by atoms with Gasteiger partial charge in [-0.3, -0.25) is 9.69 Å². The van der Waals surface area contributed by atoms with E-state index in [0.717, 1.165) is 92.0 Å². The molecule has 0 atom stereocenters. The van der Waals surface area contributed by atoms with Gasteiger partial charge in [-0.2, -0.15) is 0 Å². The second-order valence-electron chi connectivity index (χ2n) is 10.4. The lowest BCUT2D eigenvalue weighted by Gasteiger charge is -2.34. The van der Waals surface area contributed by atoms with Crippen LogP contribution in [0.5, 0.6) is 5.75 Å². The number of nitrogens with zero attached hydrogens (tertiary/aromatic N) is 3. The number of primary amides is 1. The summed E-state index contributed by atoms with van der Waals surface area (Å²) in [6.45, 7) is 8.83. The highest BCUT2D eigenvalue weighted by atomic mass is 35.5. The first-order valence-corrected chi connectivity index (χ1v) is 13.9. The van der Waals surface area contributed by atoms with Gasteiger partial charge in [-0.15, -0.1) is 0 Å². The maximum atomic E-state index is 12.5. The molecular formula is C30H34ClN5O3. The predicted octanol–water partition coefficient (Wildman–Crippen LogP) is 4.20. The summed E-state index contributed by atoms with van der Waals surface area (Å²) in [4.78, 5) is 23.1. The van der Waals surface area contributed by atoms with E-state index in [1.807, 2.05) is 24.3 Å². The van der Waals surface area contributed by atoms with Gasteiger partial charge in [0.05, 0.1) is 29.3 Å². The molecule has 8 nitrogen and oxygen atoms in total. The highest BCUT2D eigenvalue weighted by Crippen LogP contribution is 2.36. The minimum Gasteiger partial charge on any atom is -0.491 e. The fourth-order valence-electron chi connectivity index (χ4n) is 5.52. The Morgan fingerprint density at radius 1 is 0.974 bits per heavy atom. The second-order valence-corrected chi connectivity index (χ2v) is 10.8. The lowest BCUT2D eigenvalue weighted by molar-refractivity contribution is 0.0322. The van der Waals surface area contributed by atoms with Crippen LogP contribution in [0.1, 0.15) is 10.4 Å². The van der Waals surface area contributed by atoms with Gasteiger partial charge in [0.15, 0.2) is 0 Å². The molecule has 1 aromatic heterocycles. The number of carbonyl (C=O) groups excluding carboxylic acids is 1. The molecule has 0 unspecified atom stereocenters. The molecule has 39 heavy (non-hydrogen) atoms. The number of anilines is 1. The molecule has 6 rings (SSSR count). The number of hydrogen-bond acceptors (Lipinski definition) is 6. The zero-order valence-corrected chi connectivity index (χ0v) is 23.0. The Kier molecular flexibility index (Phi) is 7.36. The van der Waals surface area contributed by atoms with E-state index >= 15 is 0 Å². The van der Waals surface area contributed by atoms with Crippen LogP contribution in [-0.4, -0.2) is 93.4 Å². The first-order valence-electron chi connectivity index (χ1n) is 13.5. The number of nitrogens with two attached hydrogens (primary N) is 1. The number of nitrogens with one attached hydrogen (secondary N) is 1. The predicted molar refractivity (Wildman–Crippen MR) is 157 cm³/mol. The van der Waals surface area contributed by atoms with E-state index in [-0.39, 0.29) is 0 Å². The van der Waals surface area contributed by atoms with Crippen LogP contribution in [0, 0.1) is 0 Å². The van der Waals surface area contributed by atoms with E-state index in [9.17, 15) is 4.79 Å². The number of benzene rings is 3. The standard InChI is InChI=1S/C30H34ClN5O3/c1-34-6-8-36(9-7-34)22-3-4-23-24-16-21(17-25(30(32)37)29(24)33-27(23)19-22)20-2-5-28(26(31)18-20)39-15-12-35-10-13-38-14-11-35/h2-5,16-19,33H,6-15H2,1H3,(H2,32,37). The number of carbonyl (C=O) groups is 1. The summed E-state index contributed by atoms with van der Waals surface area (Å²) >= 11 is 6.63. The minimum atomic E-state index is -0.470. The van der Waals surface area contributed by atoms with Crippen molar-refractivity contribution in [3.05, 3.63) is 59.1 Å². The highest BCUT2D eigenvalue weighted by Gasteiger charge is 2.19. The number of fused-ring (bicyclic) bond motifs is 3. The number of rotatable bonds is 7. The van der Waals surface area contributed by atoms with E-state index in [1.54, 1.807) is 0 Å². The number of aromatic amines is 1.